The average Bonchev–Trinajstić information content (AvgIpc) is 3.08. The van der Waals surface area contributed by atoms with Crippen molar-refractivity contribution in [2.45, 2.75) is 51.7 Å². The third-order valence-electron chi connectivity index (χ3n) is 7.79. The Morgan fingerprint density at radius 1 is 1.35 bits per heavy atom. The highest BCUT2D eigenvalue weighted by Gasteiger charge is 2.64. The van der Waals surface area contributed by atoms with Crippen molar-refractivity contribution in [3.05, 3.63) is 11.0 Å². The van der Waals surface area contributed by atoms with Gasteiger partial charge in [0.15, 0.2) is 0 Å². The van der Waals surface area contributed by atoms with Crippen LogP contribution in [0.5, 0.6) is 0 Å². The lowest BCUT2D eigenvalue weighted by molar-refractivity contribution is -0.127. The van der Waals surface area contributed by atoms with Crippen LogP contribution in [-0.4, -0.2) is 46.2 Å². The molecule has 0 aromatic heterocycles. The number of rotatable bonds is 4. The third kappa shape index (κ3) is 2.33. The molecule has 0 spiro atoms. The number of fused-ring (bicyclic) bond motifs is 3. The SMILES string of the molecule is CO[C@@H]1C=C(S(=O)C[C@]23CC[C@H](C[C@H]2O)C3(C)C)C[C@@H]2C(=O)NC(=O)[C@@H]21. The molecule has 0 aromatic carbocycles. The molecule has 2 amide bonds. The fourth-order valence-corrected chi connectivity index (χ4v) is 7.92. The summed E-state index contributed by atoms with van der Waals surface area (Å²) in [5.74, 6) is -0.762. The summed E-state index contributed by atoms with van der Waals surface area (Å²) >= 11 is 0. The maximum atomic E-state index is 13.3. The highest BCUT2D eigenvalue weighted by molar-refractivity contribution is 7.89. The normalized spacial score (nSPS) is 44.6. The summed E-state index contributed by atoms with van der Waals surface area (Å²) in [6.07, 6.45) is 3.89. The molecule has 144 valence electrons. The number of methoxy groups -OCH3 is 1. The summed E-state index contributed by atoms with van der Waals surface area (Å²) in [4.78, 5) is 24.8. The lowest BCUT2D eigenvalue weighted by Crippen LogP contribution is -2.44. The number of amides is 2. The van der Waals surface area contributed by atoms with Gasteiger partial charge in [0.25, 0.3) is 0 Å². The van der Waals surface area contributed by atoms with Gasteiger partial charge in [-0.25, -0.2) is 0 Å². The molecule has 0 aromatic rings. The van der Waals surface area contributed by atoms with Crippen LogP contribution in [0.4, 0.5) is 0 Å². The fraction of sp³-hybridized carbons (Fsp3) is 0.789. The second-order valence-corrected chi connectivity index (χ2v) is 10.4. The molecular weight excluding hydrogens is 354 g/mol. The molecule has 2 saturated carbocycles. The van der Waals surface area contributed by atoms with Crippen LogP contribution in [0.1, 0.15) is 39.5 Å². The molecule has 1 heterocycles. The van der Waals surface area contributed by atoms with Gasteiger partial charge in [-0.05, 0) is 43.1 Å². The van der Waals surface area contributed by atoms with E-state index in [9.17, 15) is 18.9 Å². The maximum absolute atomic E-state index is 13.3. The van der Waals surface area contributed by atoms with Crippen LogP contribution in [0, 0.1) is 28.6 Å². The van der Waals surface area contributed by atoms with Crippen LogP contribution in [0.25, 0.3) is 0 Å². The van der Waals surface area contributed by atoms with Gasteiger partial charge in [0, 0.05) is 34.0 Å². The quantitative estimate of drug-likeness (QED) is 0.712. The van der Waals surface area contributed by atoms with Gasteiger partial charge in [-0.3, -0.25) is 19.1 Å². The second kappa shape index (κ2) is 5.97. The third-order valence-corrected chi connectivity index (χ3v) is 9.45. The highest BCUT2D eigenvalue weighted by Crippen LogP contribution is 2.66. The van der Waals surface area contributed by atoms with E-state index < -0.39 is 34.8 Å². The minimum Gasteiger partial charge on any atom is -0.392 e. The minimum atomic E-state index is -1.30. The lowest BCUT2D eigenvalue weighted by Gasteiger charge is -2.40. The van der Waals surface area contributed by atoms with Gasteiger partial charge in [0.2, 0.25) is 11.8 Å². The Bertz CT molecular complexity index is 717. The monoisotopic (exact) mass is 381 g/mol. The van der Waals surface area contributed by atoms with E-state index in [2.05, 4.69) is 19.2 Å². The average molecular weight is 381 g/mol. The predicted octanol–water partition coefficient (Wildman–Crippen LogP) is 1.11. The van der Waals surface area contributed by atoms with Crippen molar-refractivity contribution < 1.29 is 23.6 Å². The molecule has 0 radical (unpaired) electrons. The van der Waals surface area contributed by atoms with E-state index in [1.165, 1.54) is 7.11 Å². The number of hydrogen-bond acceptors (Lipinski definition) is 5. The van der Waals surface area contributed by atoms with E-state index in [0.29, 0.717) is 23.0 Å². The van der Waals surface area contributed by atoms with E-state index in [1.54, 1.807) is 6.08 Å². The molecule has 1 unspecified atom stereocenters. The molecule has 2 N–H and O–H groups in total. The first-order chi connectivity index (χ1) is 12.2. The van der Waals surface area contributed by atoms with Crippen molar-refractivity contribution >= 4 is 22.6 Å². The van der Waals surface area contributed by atoms with Gasteiger partial charge < -0.3 is 9.84 Å². The number of carbonyl (C=O) groups excluding carboxylic acids is 2. The summed E-state index contributed by atoms with van der Waals surface area (Å²) in [6.45, 7) is 4.37. The topological polar surface area (TPSA) is 92.7 Å². The fourth-order valence-electron chi connectivity index (χ4n) is 5.90. The first-order valence-corrected chi connectivity index (χ1v) is 10.7. The van der Waals surface area contributed by atoms with Crippen LogP contribution >= 0.6 is 0 Å². The first-order valence-electron chi connectivity index (χ1n) is 9.36. The molecule has 26 heavy (non-hydrogen) atoms. The van der Waals surface area contributed by atoms with Crippen molar-refractivity contribution in [2.75, 3.05) is 12.9 Å². The van der Waals surface area contributed by atoms with Crippen LogP contribution in [0.15, 0.2) is 11.0 Å². The number of aliphatic hydroxyl groups excluding tert-OH is 1. The molecule has 1 saturated heterocycles. The largest absolute Gasteiger partial charge is 0.392 e. The Morgan fingerprint density at radius 3 is 2.65 bits per heavy atom. The summed E-state index contributed by atoms with van der Waals surface area (Å²) in [5.41, 5.74) is -0.377. The lowest BCUT2D eigenvalue weighted by atomic mass is 9.70. The molecule has 4 aliphatic rings. The van der Waals surface area contributed by atoms with Gasteiger partial charge in [-0.1, -0.05) is 13.8 Å². The summed E-state index contributed by atoms with van der Waals surface area (Å²) in [5, 5.41) is 13.1. The van der Waals surface area contributed by atoms with E-state index in [0.717, 1.165) is 19.3 Å². The number of aliphatic hydroxyl groups is 1. The van der Waals surface area contributed by atoms with E-state index in [4.69, 9.17) is 4.74 Å². The molecule has 6 nitrogen and oxygen atoms in total. The highest BCUT2D eigenvalue weighted by atomic mass is 32.2. The molecule has 3 aliphatic carbocycles. The zero-order valence-electron chi connectivity index (χ0n) is 15.5. The van der Waals surface area contributed by atoms with Gasteiger partial charge in [0.05, 0.1) is 24.0 Å². The smallest absolute Gasteiger partial charge is 0.233 e. The van der Waals surface area contributed by atoms with Gasteiger partial charge in [0.1, 0.15) is 0 Å². The number of hydrogen-bond donors (Lipinski definition) is 2. The standard InChI is InChI=1S/C19H27NO5S/c1-18(2)10-4-5-19(18,14(21)6-10)9-26(24)11-7-12-15(13(8-11)25-3)17(23)20-16(12)22/h8,10,12-15,21H,4-7,9H2,1-3H3,(H,20,22,23)/t10-,12+,13-,14-,15+,19-,26?/m1/s1. The van der Waals surface area contributed by atoms with Gasteiger partial charge in [-0.15, -0.1) is 0 Å². The number of carbonyl (C=O) groups is 2. The molecular formula is C19H27NO5S. The van der Waals surface area contributed by atoms with Gasteiger partial charge >= 0.3 is 0 Å². The summed E-state index contributed by atoms with van der Waals surface area (Å²) in [7, 11) is 0.200. The molecule has 7 heteroatoms. The zero-order valence-corrected chi connectivity index (χ0v) is 16.3. The van der Waals surface area contributed by atoms with Crippen molar-refractivity contribution in [1.29, 1.82) is 0 Å². The molecule has 3 fully saturated rings. The summed E-state index contributed by atoms with van der Waals surface area (Å²) < 4.78 is 18.7. The van der Waals surface area contributed by atoms with Crippen LogP contribution in [-0.2, 0) is 25.1 Å². The summed E-state index contributed by atoms with van der Waals surface area (Å²) in [6, 6.07) is 0. The van der Waals surface area contributed by atoms with Crippen LogP contribution in [0.2, 0.25) is 0 Å². The van der Waals surface area contributed by atoms with E-state index in [-0.39, 0.29) is 22.6 Å². The number of allylic oxidation sites excluding steroid dienone is 1. The Labute approximate surface area is 156 Å². The van der Waals surface area contributed by atoms with E-state index in [1.807, 2.05) is 0 Å². The Kier molecular flexibility index (Phi) is 4.21. The first kappa shape index (κ1) is 18.3. The van der Waals surface area contributed by atoms with Crippen molar-refractivity contribution in [2.24, 2.45) is 28.6 Å². The minimum absolute atomic E-state index is 0.0405. The van der Waals surface area contributed by atoms with Crippen molar-refractivity contribution in [3.8, 4) is 0 Å². The van der Waals surface area contributed by atoms with E-state index >= 15 is 0 Å². The van der Waals surface area contributed by atoms with Gasteiger partial charge in [-0.2, -0.15) is 0 Å². The Hall–Kier alpha value is -1.05. The van der Waals surface area contributed by atoms with Crippen molar-refractivity contribution in [3.63, 3.8) is 0 Å². The molecule has 7 atom stereocenters. The number of imide groups is 1. The maximum Gasteiger partial charge on any atom is 0.233 e. The Morgan fingerprint density at radius 2 is 2.08 bits per heavy atom. The molecule has 2 bridgehead atoms. The van der Waals surface area contributed by atoms with Crippen LogP contribution in [0.3, 0.4) is 0 Å². The molecule has 4 rings (SSSR count). The number of ether oxygens (including phenoxy) is 1. The zero-order chi connectivity index (χ0) is 18.9. The Balaban J connectivity index is 1.60. The second-order valence-electron chi connectivity index (χ2n) is 8.88. The molecule has 1 aliphatic heterocycles. The van der Waals surface area contributed by atoms with Crippen LogP contribution < -0.4 is 5.32 Å². The predicted molar refractivity (Wildman–Crippen MR) is 96.2 cm³/mol. The number of nitrogens with one attached hydrogen (secondary N) is 1. The van der Waals surface area contributed by atoms with Crippen molar-refractivity contribution in [1.82, 2.24) is 5.32 Å².